The van der Waals surface area contributed by atoms with E-state index in [0.717, 1.165) is 16.9 Å². The van der Waals surface area contributed by atoms with E-state index in [-0.39, 0.29) is 9.77 Å². The molecule has 10 heteroatoms. The Bertz CT molecular complexity index is 1210. The maximum atomic E-state index is 12.5. The van der Waals surface area contributed by atoms with Crippen LogP contribution in [0.3, 0.4) is 0 Å². The van der Waals surface area contributed by atoms with Crippen molar-refractivity contribution < 1.29 is 27.5 Å². The molecule has 0 spiro atoms. The summed E-state index contributed by atoms with van der Waals surface area (Å²) in [6.45, 7) is 3.34. The molecule has 0 saturated carbocycles. The van der Waals surface area contributed by atoms with E-state index in [1.54, 1.807) is 23.6 Å². The van der Waals surface area contributed by atoms with E-state index in [1.807, 2.05) is 13.0 Å². The lowest BCUT2D eigenvalue weighted by Crippen LogP contribution is -2.30. The lowest BCUT2D eigenvalue weighted by atomic mass is 10.2. The van der Waals surface area contributed by atoms with Gasteiger partial charge in [0.05, 0.1) is 18.4 Å². The number of carbonyl (C=O) groups excluding carboxylic acids is 2. The van der Waals surface area contributed by atoms with Crippen molar-refractivity contribution >= 4 is 44.6 Å². The Balaban J connectivity index is 1.62. The summed E-state index contributed by atoms with van der Waals surface area (Å²) < 4.78 is 37.7. The molecule has 0 saturated heterocycles. The van der Waals surface area contributed by atoms with E-state index in [4.69, 9.17) is 9.47 Å². The van der Waals surface area contributed by atoms with Crippen molar-refractivity contribution in [2.75, 3.05) is 17.1 Å². The Kier molecular flexibility index (Phi) is 7.16. The maximum absolute atomic E-state index is 12.5. The molecule has 0 aliphatic rings. The summed E-state index contributed by atoms with van der Waals surface area (Å²) in [6.07, 6.45) is -1.07. The predicted molar refractivity (Wildman–Crippen MR) is 123 cm³/mol. The molecule has 2 aromatic carbocycles. The molecule has 2 N–H and O–H groups in total. The van der Waals surface area contributed by atoms with Crippen LogP contribution in [-0.2, 0) is 19.6 Å². The highest BCUT2D eigenvalue weighted by molar-refractivity contribution is 7.94. The van der Waals surface area contributed by atoms with Crippen molar-refractivity contribution in [1.29, 1.82) is 0 Å². The number of esters is 1. The van der Waals surface area contributed by atoms with E-state index in [2.05, 4.69) is 10.0 Å². The van der Waals surface area contributed by atoms with Crippen LogP contribution < -0.4 is 14.8 Å². The SMILES string of the molecule is COc1ccc(C)cc1NC(=O)C(C)OC(=O)c1ccc(NS(=O)(=O)c2cccs2)cc1. The molecule has 0 radical (unpaired) electrons. The van der Waals surface area contributed by atoms with E-state index in [0.29, 0.717) is 17.1 Å². The van der Waals surface area contributed by atoms with Gasteiger partial charge in [0.25, 0.3) is 15.9 Å². The first-order valence-electron chi connectivity index (χ1n) is 9.52. The van der Waals surface area contributed by atoms with Crippen molar-refractivity contribution in [3.63, 3.8) is 0 Å². The first-order chi connectivity index (χ1) is 15.2. The molecule has 32 heavy (non-hydrogen) atoms. The number of hydrogen-bond acceptors (Lipinski definition) is 7. The number of nitrogens with one attached hydrogen (secondary N) is 2. The van der Waals surface area contributed by atoms with Gasteiger partial charge in [0, 0.05) is 5.69 Å². The number of benzene rings is 2. The van der Waals surface area contributed by atoms with Gasteiger partial charge < -0.3 is 14.8 Å². The molecule has 1 heterocycles. The summed E-state index contributed by atoms with van der Waals surface area (Å²) in [5.74, 6) is -0.734. The van der Waals surface area contributed by atoms with Crippen LogP contribution in [-0.4, -0.2) is 33.5 Å². The van der Waals surface area contributed by atoms with Crippen molar-refractivity contribution in [3.8, 4) is 5.75 Å². The second kappa shape index (κ2) is 9.84. The van der Waals surface area contributed by atoms with Crippen molar-refractivity contribution in [2.45, 2.75) is 24.2 Å². The monoisotopic (exact) mass is 474 g/mol. The minimum absolute atomic E-state index is 0.178. The fourth-order valence-corrected chi connectivity index (χ4v) is 4.78. The van der Waals surface area contributed by atoms with Crippen LogP contribution in [0, 0.1) is 6.92 Å². The van der Waals surface area contributed by atoms with Crippen molar-refractivity contribution in [1.82, 2.24) is 0 Å². The minimum Gasteiger partial charge on any atom is -0.495 e. The number of methoxy groups -OCH3 is 1. The molecule has 0 fully saturated rings. The van der Waals surface area contributed by atoms with Gasteiger partial charge in [-0.2, -0.15) is 0 Å². The third-order valence-electron chi connectivity index (χ3n) is 4.40. The van der Waals surface area contributed by atoms with E-state index in [1.165, 1.54) is 44.4 Å². The summed E-state index contributed by atoms with van der Waals surface area (Å²) in [4.78, 5) is 24.9. The molecule has 0 aliphatic carbocycles. The van der Waals surface area contributed by atoms with Crippen LogP contribution in [0.25, 0.3) is 0 Å². The third-order valence-corrected chi connectivity index (χ3v) is 7.18. The van der Waals surface area contributed by atoms with Gasteiger partial charge in [-0.05, 0) is 67.3 Å². The predicted octanol–water partition coefficient (Wildman–Crippen LogP) is 4.05. The molecule has 0 aliphatic heterocycles. The zero-order chi connectivity index (χ0) is 23.3. The van der Waals surface area contributed by atoms with Gasteiger partial charge in [0.2, 0.25) is 0 Å². The number of sulfonamides is 1. The van der Waals surface area contributed by atoms with Crippen molar-refractivity contribution in [2.24, 2.45) is 0 Å². The van der Waals surface area contributed by atoms with Gasteiger partial charge >= 0.3 is 5.97 Å². The van der Waals surface area contributed by atoms with Crippen LogP contribution in [0.4, 0.5) is 11.4 Å². The molecule has 3 rings (SSSR count). The number of carbonyl (C=O) groups is 2. The van der Waals surface area contributed by atoms with Crippen LogP contribution in [0.15, 0.2) is 64.2 Å². The fraction of sp³-hybridized carbons (Fsp3) is 0.182. The van der Waals surface area contributed by atoms with E-state index >= 15 is 0 Å². The first kappa shape index (κ1) is 23.3. The van der Waals surface area contributed by atoms with E-state index in [9.17, 15) is 18.0 Å². The molecule has 1 atom stereocenters. The molecule has 0 bridgehead atoms. The lowest BCUT2D eigenvalue weighted by molar-refractivity contribution is -0.123. The van der Waals surface area contributed by atoms with Crippen LogP contribution in [0.5, 0.6) is 5.75 Å². The molecule has 1 aromatic heterocycles. The normalized spacial score (nSPS) is 12.0. The average Bonchev–Trinajstić information content (AvgIpc) is 3.30. The van der Waals surface area contributed by atoms with Crippen LogP contribution in [0.1, 0.15) is 22.8 Å². The molecule has 3 aromatic rings. The largest absolute Gasteiger partial charge is 0.495 e. The second-order valence-corrected chi connectivity index (χ2v) is 9.71. The lowest BCUT2D eigenvalue weighted by Gasteiger charge is -2.16. The average molecular weight is 475 g/mol. The molecule has 8 nitrogen and oxygen atoms in total. The molecule has 1 amide bonds. The highest BCUT2D eigenvalue weighted by Crippen LogP contribution is 2.25. The summed E-state index contributed by atoms with van der Waals surface area (Å²) in [5.41, 5.74) is 1.88. The molecular weight excluding hydrogens is 452 g/mol. The summed E-state index contributed by atoms with van der Waals surface area (Å²) in [7, 11) is -2.19. The Morgan fingerprint density at radius 1 is 1.06 bits per heavy atom. The standard InChI is InChI=1S/C22H22N2O6S2/c1-14-6-11-19(29-3)18(13-14)23-21(25)15(2)30-22(26)16-7-9-17(10-8-16)24-32(27,28)20-5-4-12-31-20/h4-13,15,24H,1-3H3,(H,23,25). The Morgan fingerprint density at radius 3 is 2.41 bits per heavy atom. The number of anilines is 2. The Hall–Kier alpha value is -3.37. The van der Waals surface area contributed by atoms with Gasteiger partial charge in [0.1, 0.15) is 9.96 Å². The number of amides is 1. The fourth-order valence-electron chi connectivity index (χ4n) is 2.73. The smallest absolute Gasteiger partial charge is 0.338 e. The highest BCUT2D eigenvalue weighted by atomic mass is 32.2. The zero-order valence-corrected chi connectivity index (χ0v) is 19.2. The number of ether oxygens (including phenoxy) is 2. The second-order valence-electron chi connectivity index (χ2n) is 6.86. The first-order valence-corrected chi connectivity index (χ1v) is 11.9. The van der Waals surface area contributed by atoms with Gasteiger partial charge in [-0.15, -0.1) is 11.3 Å². The van der Waals surface area contributed by atoms with E-state index < -0.39 is 28.0 Å². The molecule has 1 unspecified atom stereocenters. The third kappa shape index (κ3) is 5.65. The number of hydrogen-bond donors (Lipinski definition) is 2. The quantitative estimate of drug-likeness (QED) is 0.477. The van der Waals surface area contributed by atoms with Crippen molar-refractivity contribution in [3.05, 3.63) is 71.1 Å². The minimum atomic E-state index is -3.68. The maximum Gasteiger partial charge on any atom is 0.338 e. The summed E-state index contributed by atoms with van der Waals surface area (Å²) in [5, 5.41) is 4.36. The van der Waals surface area contributed by atoms with Gasteiger partial charge in [0.15, 0.2) is 6.10 Å². The van der Waals surface area contributed by atoms with Crippen LogP contribution >= 0.6 is 11.3 Å². The summed E-state index contributed by atoms with van der Waals surface area (Å²) in [6, 6.07) is 14.2. The molecular formula is C22H22N2O6S2. The topological polar surface area (TPSA) is 111 Å². The number of rotatable bonds is 8. The Morgan fingerprint density at radius 2 is 1.78 bits per heavy atom. The number of aryl methyl sites for hydroxylation is 1. The highest BCUT2D eigenvalue weighted by Gasteiger charge is 2.21. The zero-order valence-electron chi connectivity index (χ0n) is 17.6. The van der Waals surface area contributed by atoms with Gasteiger partial charge in [-0.3, -0.25) is 9.52 Å². The van der Waals surface area contributed by atoms with Gasteiger partial charge in [-0.1, -0.05) is 12.1 Å². The van der Waals surface area contributed by atoms with Crippen LogP contribution in [0.2, 0.25) is 0 Å². The van der Waals surface area contributed by atoms with Gasteiger partial charge in [-0.25, -0.2) is 13.2 Å². The summed E-state index contributed by atoms with van der Waals surface area (Å²) >= 11 is 1.10. The Labute approximate surface area is 190 Å². The number of thiophene rings is 1. The molecule has 168 valence electrons.